The van der Waals surface area contributed by atoms with Crippen LogP contribution in [0.25, 0.3) is 0 Å². The minimum absolute atomic E-state index is 0.0191. The lowest BCUT2D eigenvalue weighted by atomic mass is 10.1. The summed E-state index contributed by atoms with van der Waals surface area (Å²) in [6, 6.07) is 8.00. The quantitative estimate of drug-likeness (QED) is 0.778. The van der Waals surface area contributed by atoms with Gasteiger partial charge in [0.05, 0.1) is 17.9 Å². The molecule has 0 bridgehead atoms. The van der Waals surface area contributed by atoms with Gasteiger partial charge in [0.2, 0.25) is 10.0 Å². The molecule has 136 valence electrons. The highest BCUT2D eigenvalue weighted by Gasteiger charge is 2.37. The van der Waals surface area contributed by atoms with Gasteiger partial charge in [0.25, 0.3) is 0 Å². The molecule has 0 aliphatic heterocycles. The Bertz CT molecular complexity index is 838. The number of halogens is 3. The summed E-state index contributed by atoms with van der Waals surface area (Å²) in [4.78, 5) is 0. The lowest BCUT2D eigenvalue weighted by Gasteiger charge is -2.22. The van der Waals surface area contributed by atoms with Crippen LogP contribution in [0, 0.1) is 0 Å². The zero-order valence-electron chi connectivity index (χ0n) is 13.7. The normalized spacial score (nSPS) is 15.7. The van der Waals surface area contributed by atoms with Gasteiger partial charge in [0.1, 0.15) is 0 Å². The third-order valence-corrected chi connectivity index (χ3v) is 6.15. The molecular weight excluding hydrogens is 353 g/mol. The van der Waals surface area contributed by atoms with Gasteiger partial charge in [-0.1, -0.05) is 12.1 Å². The topological polar surface area (TPSA) is 42.3 Å². The van der Waals surface area contributed by atoms with Crippen molar-refractivity contribution < 1.29 is 21.6 Å². The summed E-state index contributed by atoms with van der Waals surface area (Å²) in [7, 11) is -1.76. The van der Waals surface area contributed by atoms with Crippen LogP contribution in [0.15, 0.2) is 42.6 Å². The maximum atomic E-state index is 12.8. The van der Waals surface area contributed by atoms with Crippen molar-refractivity contribution in [1.29, 1.82) is 0 Å². The Morgan fingerprint density at radius 2 is 1.80 bits per heavy atom. The molecule has 4 nitrogen and oxygen atoms in total. The Kier molecular flexibility index (Phi) is 4.68. The van der Waals surface area contributed by atoms with Gasteiger partial charge in [-0.3, -0.25) is 0 Å². The molecule has 25 heavy (non-hydrogen) atoms. The first-order valence-corrected chi connectivity index (χ1v) is 9.53. The molecule has 0 saturated heterocycles. The number of alkyl halides is 3. The number of benzene rings is 1. The van der Waals surface area contributed by atoms with Crippen LogP contribution < -0.4 is 0 Å². The number of hydrogen-bond donors (Lipinski definition) is 0. The number of nitrogens with zero attached hydrogens (tertiary/aromatic N) is 2. The van der Waals surface area contributed by atoms with Crippen molar-refractivity contribution in [3.8, 4) is 0 Å². The standard InChI is InChI=1S/C17H19F3N2O2S/c1-21-10-2-3-16(21)11-22(15-8-9-15)25(23,24)12-13-4-6-14(7-5-13)17(18,19)20/h2-7,10,15H,8-9,11-12H2,1H3. The molecule has 1 aromatic carbocycles. The Balaban J connectivity index is 1.78. The second-order valence-corrected chi connectivity index (χ2v) is 8.26. The smallest absolute Gasteiger partial charge is 0.353 e. The zero-order valence-corrected chi connectivity index (χ0v) is 14.5. The van der Waals surface area contributed by atoms with Crippen LogP contribution >= 0.6 is 0 Å². The minimum atomic E-state index is -4.43. The highest BCUT2D eigenvalue weighted by atomic mass is 32.2. The average molecular weight is 372 g/mol. The predicted octanol–water partition coefficient (Wildman–Crippen LogP) is 3.54. The van der Waals surface area contributed by atoms with E-state index in [4.69, 9.17) is 0 Å². The van der Waals surface area contributed by atoms with E-state index < -0.39 is 21.8 Å². The number of aryl methyl sites for hydroxylation is 1. The first-order chi connectivity index (χ1) is 11.7. The van der Waals surface area contributed by atoms with Crippen LogP contribution in [0.3, 0.4) is 0 Å². The van der Waals surface area contributed by atoms with E-state index in [2.05, 4.69) is 0 Å². The van der Waals surface area contributed by atoms with Crippen LogP contribution in [0.1, 0.15) is 29.7 Å². The molecule has 1 saturated carbocycles. The van der Waals surface area contributed by atoms with Gasteiger partial charge in [0, 0.05) is 25.0 Å². The monoisotopic (exact) mass is 372 g/mol. The van der Waals surface area contributed by atoms with Crippen molar-refractivity contribution in [2.45, 2.75) is 37.4 Å². The van der Waals surface area contributed by atoms with Crippen molar-refractivity contribution in [3.05, 3.63) is 59.4 Å². The van der Waals surface area contributed by atoms with Crippen LogP contribution in [0.2, 0.25) is 0 Å². The van der Waals surface area contributed by atoms with Gasteiger partial charge in [-0.2, -0.15) is 17.5 Å². The molecule has 1 aliphatic rings. The van der Waals surface area contributed by atoms with E-state index in [1.165, 1.54) is 16.4 Å². The van der Waals surface area contributed by atoms with Crippen molar-refractivity contribution in [1.82, 2.24) is 8.87 Å². The second kappa shape index (κ2) is 6.49. The average Bonchev–Trinajstić information content (AvgIpc) is 3.27. The summed E-state index contributed by atoms with van der Waals surface area (Å²) in [5, 5.41) is 0. The molecule has 1 fully saturated rings. The Labute approximate surface area is 144 Å². The van der Waals surface area contributed by atoms with Gasteiger partial charge in [-0.05, 0) is 42.7 Å². The largest absolute Gasteiger partial charge is 0.416 e. The van der Waals surface area contributed by atoms with Crippen molar-refractivity contribution in [2.75, 3.05) is 0 Å². The summed E-state index contributed by atoms with van der Waals surface area (Å²) < 4.78 is 66.8. The van der Waals surface area contributed by atoms with Crippen LogP contribution in [0.4, 0.5) is 13.2 Å². The fourth-order valence-corrected chi connectivity index (χ4v) is 4.49. The molecular formula is C17H19F3N2O2S. The van der Waals surface area contributed by atoms with Crippen LogP contribution in [-0.2, 0) is 35.5 Å². The zero-order chi connectivity index (χ0) is 18.2. The van der Waals surface area contributed by atoms with Gasteiger partial charge in [-0.15, -0.1) is 0 Å². The molecule has 2 aromatic rings. The van der Waals surface area contributed by atoms with Gasteiger partial charge < -0.3 is 4.57 Å². The first kappa shape index (κ1) is 18.0. The van der Waals surface area contributed by atoms with Gasteiger partial charge >= 0.3 is 6.18 Å². The highest BCUT2D eigenvalue weighted by Crippen LogP contribution is 2.33. The SMILES string of the molecule is Cn1cccc1CN(C1CC1)S(=O)(=O)Cc1ccc(C(F)(F)F)cc1. The summed E-state index contributed by atoms with van der Waals surface area (Å²) in [6.07, 6.45) is -0.944. The molecule has 0 spiro atoms. The van der Waals surface area contributed by atoms with E-state index >= 15 is 0 Å². The number of hydrogen-bond acceptors (Lipinski definition) is 2. The van der Waals surface area contributed by atoms with E-state index in [9.17, 15) is 21.6 Å². The maximum Gasteiger partial charge on any atom is 0.416 e. The molecule has 0 unspecified atom stereocenters. The van der Waals surface area contributed by atoms with E-state index in [0.717, 1.165) is 30.7 Å². The summed E-state index contributed by atoms with van der Waals surface area (Å²) in [5.74, 6) is -0.300. The second-order valence-electron chi connectivity index (χ2n) is 6.34. The third kappa shape index (κ3) is 4.24. The van der Waals surface area contributed by atoms with E-state index in [1.54, 1.807) is 0 Å². The number of sulfonamides is 1. The molecule has 1 aliphatic carbocycles. The predicted molar refractivity (Wildman–Crippen MR) is 88.0 cm³/mol. The van der Waals surface area contributed by atoms with Crippen molar-refractivity contribution >= 4 is 10.0 Å². The fourth-order valence-electron chi connectivity index (χ4n) is 2.72. The van der Waals surface area contributed by atoms with Gasteiger partial charge in [0.15, 0.2) is 0 Å². The van der Waals surface area contributed by atoms with Crippen molar-refractivity contribution in [3.63, 3.8) is 0 Å². The summed E-state index contributed by atoms with van der Waals surface area (Å²) in [6.45, 7) is 0.275. The first-order valence-electron chi connectivity index (χ1n) is 7.93. The van der Waals surface area contributed by atoms with Crippen LogP contribution in [0.5, 0.6) is 0 Å². The Hall–Kier alpha value is -1.80. The molecule has 0 amide bonds. The molecule has 1 heterocycles. The van der Waals surface area contributed by atoms with Crippen LogP contribution in [-0.4, -0.2) is 23.3 Å². The highest BCUT2D eigenvalue weighted by molar-refractivity contribution is 7.88. The Morgan fingerprint density at radius 1 is 1.16 bits per heavy atom. The van der Waals surface area contributed by atoms with E-state index in [0.29, 0.717) is 5.56 Å². The fraction of sp³-hybridized carbons (Fsp3) is 0.412. The molecule has 1 aromatic heterocycles. The summed E-state index contributed by atoms with van der Waals surface area (Å²) >= 11 is 0. The lowest BCUT2D eigenvalue weighted by molar-refractivity contribution is -0.137. The van der Waals surface area contributed by atoms with E-state index in [-0.39, 0.29) is 18.3 Å². The lowest BCUT2D eigenvalue weighted by Crippen LogP contribution is -2.34. The third-order valence-electron chi connectivity index (χ3n) is 4.31. The molecule has 0 N–H and O–H groups in total. The van der Waals surface area contributed by atoms with Crippen molar-refractivity contribution in [2.24, 2.45) is 7.05 Å². The number of aromatic nitrogens is 1. The van der Waals surface area contributed by atoms with E-state index in [1.807, 2.05) is 29.9 Å². The summed E-state index contributed by atoms with van der Waals surface area (Å²) in [5.41, 5.74) is 0.449. The minimum Gasteiger partial charge on any atom is -0.353 e. The number of rotatable bonds is 6. The van der Waals surface area contributed by atoms with Gasteiger partial charge in [-0.25, -0.2) is 8.42 Å². The maximum absolute atomic E-state index is 12.8. The Morgan fingerprint density at radius 3 is 2.28 bits per heavy atom. The molecule has 0 radical (unpaired) electrons. The molecule has 8 heteroatoms. The molecule has 3 rings (SSSR count). The molecule has 0 atom stereocenters.